The van der Waals surface area contributed by atoms with Gasteiger partial charge in [0.15, 0.2) is 0 Å². The van der Waals surface area contributed by atoms with E-state index in [-0.39, 0.29) is 0 Å². The van der Waals surface area contributed by atoms with E-state index >= 15 is 0 Å². The van der Waals surface area contributed by atoms with Crippen LogP contribution in [0.3, 0.4) is 0 Å². The highest BCUT2D eigenvalue weighted by molar-refractivity contribution is 7.70. The van der Waals surface area contributed by atoms with Crippen LogP contribution in [0.5, 0.6) is 0 Å². The zero-order valence-corrected chi connectivity index (χ0v) is 6.58. The van der Waals surface area contributed by atoms with Gasteiger partial charge in [-0.1, -0.05) is 0 Å². The lowest BCUT2D eigenvalue weighted by Crippen LogP contribution is -2.39. The molecule has 60 valence electrons. The molecule has 0 atom stereocenters. The van der Waals surface area contributed by atoms with E-state index in [1.165, 1.54) is 0 Å². The summed E-state index contributed by atoms with van der Waals surface area (Å²) < 4.78 is 17.8. The molecule has 1 rings (SSSR count). The van der Waals surface area contributed by atoms with Crippen molar-refractivity contribution in [3.05, 3.63) is 0 Å². The molecule has 0 aliphatic carbocycles. The van der Waals surface area contributed by atoms with E-state index in [1.54, 1.807) is 0 Å². The molecule has 5 heteroatoms. The Morgan fingerprint density at radius 3 is 1.30 bits per heavy atom. The van der Waals surface area contributed by atoms with E-state index < -0.39 is 10.3 Å². The molecule has 2 N–H and O–H groups in total. The minimum absolute atomic E-state index is 1.14. The number of nitrogens with one attached hydrogen (secondary N) is 2. The molecule has 1 heterocycles. The zero-order valence-electron chi connectivity index (χ0n) is 5.76. The van der Waals surface area contributed by atoms with E-state index in [0.717, 1.165) is 26.2 Å². The predicted octanol–water partition coefficient (Wildman–Crippen LogP) is -1.52. The fourth-order valence-corrected chi connectivity index (χ4v) is 0.604. The van der Waals surface area contributed by atoms with Gasteiger partial charge in [-0.05, 0) is 0 Å². The van der Waals surface area contributed by atoms with Crippen LogP contribution in [0, 0.1) is 0 Å². The summed E-state index contributed by atoms with van der Waals surface area (Å²) in [6.07, 6.45) is 0. The fraction of sp³-hybridized carbons (Fsp3) is 0.800. The fourth-order valence-electron chi connectivity index (χ4n) is 0.604. The first-order valence-electron chi connectivity index (χ1n) is 3.04. The normalized spacial score (nSPS) is 16.8. The third-order valence-electron chi connectivity index (χ3n) is 0.957. The summed E-state index contributed by atoms with van der Waals surface area (Å²) in [6.45, 7) is 4.56. The van der Waals surface area contributed by atoms with E-state index in [4.69, 9.17) is 8.42 Å². The maximum Gasteiger partial charge on any atom is 0.206 e. The van der Waals surface area contributed by atoms with Crippen LogP contribution in [0.4, 0.5) is 0 Å². The van der Waals surface area contributed by atoms with Gasteiger partial charge in [-0.2, -0.15) is 8.42 Å². The topological polar surface area (TPSA) is 58.2 Å². The van der Waals surface area contributed by atoms with Crippen molar-refractivity contribution in [2.24, 2.45) is 0 Å². The molecule has 0 aromatic heterocycles. The van der Waals surface area contributed by atoms with E-state index in [9.17, 15) is 0 Å². The SMILES string of the molecule is C1CNCCN1.C=S(=O)=O. The van der Waals surface area contributed by atoms with Crippen LogP contribution in [0.1, 0.15) is 0 Å². The number of hydrogen-bond donors (Lipinski definition) is 2. The van der Waals surface area contributed by atoms with Gasteiger partial charge in [0, 0.05) is 32.0 Å². The first kappa shape index (κ1) is 9.61. The van der Waals surface area contributed by atoms with Crippen LogP contribution < -0.4 is 10.6 Å². The number of piperazine rings is 1. The van der Waals surface area contributed by atoms with Crippen molar-refractivity contribution < 1.29 is 8.42 Å². The minimum Gasteiger partial charge on any atom is -0.314 e. The Morgan fingerprint density at radius 1 is 1.00 bits per heavy atom. The lowest BCUT2D eigenvalue weighted by molar-refractivity contribution is 0.534. The first-order chi connectivity index (χ1) is 4.73. The van der Waals surface area contributed by atoms with Gasteiger partial charge in [-0.25, -0.2) is 0 Å². The van der Waals surface area contributed by atoms with Crippen LogP contribution in [0.2, 0.25) is 0 Å². The molecule has 0 unspecified atom stereocenters. The molecule has 0 saturated carbocycles. The third kappa shape index (κ3) is 10.6. The van der Waals surface area contributed by atoms with Crippen molar-refractivity contribution in [3.8, 4) is 0 Å². The Balaban J connectivity index is 0.000000180. The minimum atomic E-state index is -2.11. The average molecular weight is 164 g/mol. The van der Waals surface area contributed by atoms with Crippen molar-refractivity contribution in [2.75, 3.05) is 26.2 Å². The number of rotatable bonds is 0. The van der Waals surface area contributed by atoms with Crippen molar-refractivity contribution in [1.29, 1.82) is 0 Å². The van der Waals surface area contributed by atoms with Gasteiger partial charge in [0.1, 0.15) is 0 Å². The smallest absolute Gasteiger partial charge is 0.206 e. The molecule has 0 aromatic rings. The molecular weight excluding hydrogens is 152 g/mol. The Morgan fingerprint density at radius 2 is 1.20 bits per heavy atom. The standard InChI is InChI=1S/C4H10N2.CH2O2S/c1-2-6-4-3-5-1;1-4(2)3/h5-6H,1-4H2;1H2. The molecule has 0 radical (unpaired) electrons. The molecule has 0 amide bonds. The quantitative estimate of drug-likeness (QED) is 0.427. The van der Waals surface area contributed by atoms with Gasteiger partial charge in [-0.15, -0.1) is 0 Å². The lowest BCUT2D eigenvalue weighted by Gasteiger charge is -2.11. The van der Waals surface area contributed by atoms with E-state index in [1.807, 2.05) is 0 Å². The van der Waals surface area contributed by atoms with Crippen LogP contribution in [0.25, 0.3) is 0 Å². The van der Waals surface area contributed by atoms with Gasteiger partial charge in [-0.3, -0.25) is 0 Å². The summed E-state index contributed by atoms with van der Waals surface area (Å²) in [5.74, 6) is 2.56. The zero-order chi connectivity index (χ0) is 7.82. The molecule has 1 fully saturated rings. The Hall–Kier alpha value is -0.390. The van der Waals surface area contributed by atoms with Crippen molar-refractivity contribution in [1.82, 2.24) is 10.6 Å². The van der Waals surface area contributed by atoms with Gasteiger partial charge in [0.25, 0.3) is 0 Å². The Labute approximate surface area is 62.2 Å². The lowest BCUT2D eigenvalue weighted by atomic mass is 10.4. The molecule has 0 spiro atoms. The maximum atomic E-state index is 8.89. The van der Waals surface area contributed by atoms with Crippen LogP contribution in [0.15, 0.2) is 0 Å². The molecule has 0 aromatic carbocycles. The summed E-state index contributed by atoms with van der Waals surface area (Å²) >= 11 is 0. The maximum absolute atomic E-state index is 8.89. The van der Waals surface area contributed by atoms with Crippen LogP contribution in [-0.4, -0.2) is 40.5 Å². The molecule has 1 saturated heterocycles. The summed E-state index contributed by atoms with van der Waals surface area (Å²) in [5, 5.41) is 6.44. The highest BCUT2D eigenvalue weighted by Crippen LogP contribution is 1.65. The summed E-state index contributed by atoms with van der Waals surface area (Å²) in [5.41, 5.74) is 0. The van der Waals surface area contributed by atoms with Crippen molar-refractivity contribution in [2.45, 2.75) is 0 Å². The largest absolute Gasteiger partial charge is 0.314 e. The van der Waals surface area contributed by atoms with Crippen LogP contribution in [-0.2, 0) is 10.3 Å². The summed E-state index contributed by atoms with van der Waals surface area (Å²) in [7, 11) is -2.11. The van der Waals surface area contributed by atoms with Gasteiger partial charge >= 0.3 is 0 Å². The second-order valence-corrected chi connectivity index (χ2v) is 2.41. The first-order valence-corrected chi connectivity index (χ1v) is 4.28. The molecule has 1 aliphatic heterocycles. The van der Waals surface area contributed by atoms with Crippen molar-refractivity contribution >= 4 is 16.2 Å². The summed E-state index contributed by atoms with van der Waals surface area (Å²) in [6, 6.07) is 0. The molecule has 1 aliphatic rings. The van der Waals surface area contributed by atoms with E-state index in [0.29, 0.717) is 0 Å². The van der Waals surface area contributed by atoms with Crippen LogP contribution >= 0.6 is 0 Å². The highest BCUT2D eigenvalue weighted by atomic mass is 32.2. The van der Waals surface area contributed by atoms with Gasteiger partial charge < -0.3 is 10.6 Å². The summed E-state index contributed by atoms with van der Waals surface area (Å²) in [4.78, 5) is 0. The molecule has 0 bridgehead atoms. The molecule has 10 heavy (non-hydrogen) atoms. The second kappa shape index (κ2) is 6.73. The Kier molecular flexibility index (Phi) is 6.46. The molecular formula is C5H12N2O2S. The van der Waals surface area contributed by atoms with Crippen molar-refractivity contribution in [3.63, 3.8) is 0 Å². The third-order valence-corrected chi connectivity index (χ3v) is 0.957. The van der Waals surface area contributed by atoms with Gasteiger partial charge in [0.05, 0.1) is 0 Å². The monoisotopic (exact) mass is 164 g/mol. The number of hydrogen-bond acceptors (Lipinski definition) is 4. The molecule has 4 nitrogen and oxygen atoms in total. The Bertz CT molecular complexity index is 139. The average Bonchev–Trinajstić information content (AvgIpc) is 1.90. The van der Waals surface area contributed by atoms with Gasteiger partial charge in [0.2, 0.25) is 10.3 Å². The second-order valence-electron chi connectivity index (χ2n) is 1.80. The highest BCUT2D eigenvalue weighted by Gasteiger charge is 1.91. The predicted molar refractivity (Wildman–Crippen MR) is 41.8 cm³/mol. The van der Waals surface area contributed by atoms with E-state index in [2.05, 4.69) is 16.5 Å².